The van der Waals surface area contributed by atoms with Crippen LogP contribution in [0, 0.1) is 17.1 Å². The van der Waals surface area contributed by atoms with Crippen LogP contribution in [0.3, 0.4) is 0 Å². The van der Waals surface area contributed by atoms with Gasteiger partial charge in [-0.25, -0.2) is 12.8 Å². The number of halogens is 1. The summed E-state index contributed by atoms with van der Waals surface area (Å²) in [5, 5.41) is 8.73. The highest BCUT2D eigenvalue weighted by Crippen LogP contribution is 2.19. The van der Waals surface area contributed by atoms with Crippen molar-refractivity contribution in [2.45, 2.75) is 17.9 Å². The van der Waals surface area contributed by atoms with E-state index in [9.17, 15) is 12.8 Å². The van der Waals surface area contributed by atoms with Gasteiger partial charge in [0, 0.05) is 19.5 Å². The summed E-state index contributed by atoms with van der Waals surface area (Å²) in [5.74, 6) is -0.495. The van der Waals surface area contributed by atoms with Crippen molar-refractivity contribution in [3.63, 3.8) is 0 Å². The maximum Gasteiger partial charge on any atom is 0.243 e. The number of nitriles is 1. The van der Waals surface area contributed by atoms with Gasteiger partial charge in [-0.3, -0.25) is 0 Å². The van der Waals surface area contributed by atoms with Crippen molar-refractivity contribution in [3.8, 4) is 6.07 Å². The molecule has 2 aromatic rings. The molecule has 4 nitrogen and oxygen atoms in total. The van der Waals surface area contributed by atoms with Gasteiger partial charge in [0.15, 0.2) is 0 Å². The Kier molecular flexibility index (Phi) is 5.26. The Morgan fingerprint density at radius 1 is 1.05 bits per heavy atom. The standard InChI is InChI=1S/C16H15FN2O2S/c17-15-7-9-16(10-8-15)22(20,21)19(12-4-11-18)13-14-5-2-1-3-6-14/h1-3,5-10H,4,12-13H2. The minimum atomic E-state index is -3.77. The zero-order chi connectivity index (χ0) is 16.0. The third-order valence-electron chi connectivity index (χ3n) is 3.13. The van der Waals surface area contributed by atoms with Crippen molar-refractivity contribution >= 4 is 10.0 Å². The van der Waals surface area contributed by atoms with Crippen molar-refractivity contribution in [2.75, 3.05) is 6.54 Å². The number of nitrogens with zero attached hydrogens (tertiary/aromatic N) is 2. The van der Waals surface area contributed by atoms with E-state index in [1.54, 1.807) is 0 Å². The summed E-state index contributed by atoms with van der Waals surface area (Å²) in [5.41, 5.74) is 0.825. The number of benzene rings is 2. The summed E-state index contributed by atoms with van der Waals surface area (Å²) in [6, 6.07) is 15.8. The molecule has 0 unspecified atom stereocenters. The molecule has 22 heavy (non-hydrogen) atoms. The van der Waals surface area contributed by atoms with Crippen molar-refractivity contribution in [1.82, 2.24) is 4.31 Å². The van der Waals surface area contributed by atoms with Gasteiger partial charge in [0.25, 0.3) is 0 Å². The first-order valence-corrected chi connectivity index (χ1v) is 8.14. The third-order valence-corrected chi connectivity index (χ3v) is 4.99. The van der Waals surface area contributed by atoms with E-state index in [1.165, 1.54) is 16.4 Å². The highest BCUT2D eigenvalue weighted by molar-refractivity contribution is 7.89. The fraction of sp³-hybridized carbons (Fsp3) is 0.188. The lowest BCUT2D eigenvalue weighted by molar-refractivity contribution is 0.413. The van der Waals surface area contributed by atoms with Gasteiger partial charge in [-0.05, 0) is 29.8 Å². The molecule has 0 heterocycles. The molecule has 6 heteroatoms. The predicted molar refractivity (Wildman–Crippen MR) is 80.7 cm³/mol. The van der Waals surface area contributed by atoms with Gasteiger partial charge < -0.3 is 0 Å². The highest BCUT2D eigenvalue weighted by atomic mass is 32.2. The number of hydrogen-bond donors (Lipinski definition) is 0. The smallest absolute Gasteiger partial charge is 0.207 e. The van der Waals surface area contributed by atoms with Crippen LogP contribution in [0.1, 0.15) is 12.0 Å². The lowest BCUT2D eigenvalue weighted by Crippen LogP contribution is -2.31. The quantitative estimate of drug-likeness (QED) is 0.822. The molecule has 2 aromatic carbocycles. The van der Waals surface area contributed by atoms with Gasteiger partial charge in [0.2, 0.25) is 10.0 Å². The predicted octanol–water partition coefficient (Wildman–Crippen LogP) is 2.93. The molecule has 2 rings (SSSR count). The average Bonchev–Trinajstić information content (AvgIpc) is 2.52. The van der Waals surface area contributed by atoms with Crippen LogP contribution in [0.2, 0.25) is 0 Å². The summed E-state index contributed by atoms with van der Waals surface area (Å²) in [4.78, 5) is 0.0165. The van der Waals surface area contributed by atoms with Crippen LogP contribution in [0.4, 0.5) is 4.39 Å². The fourth-order valence-corrected chi connectivity index (χ4v) is 3.43. The highest BCUT2D eigenvalue weighted by Gasteiger charge is 2.24. The van der Waals surface area contributed by atoms with Crippen LogP contribution in [0.5, 0.6) is 0 Å². The van der Waals surface area contributed by atoms with E-state index in [0.717, 1.165) is 17.7 Å². The molecule has 0 atom stereocenters. The third kappa shape index (κ3) is 3.91. The van der Waals surface area contributed by atoms with E-state index in [2.05, 4.69) is 0 Å². The first kappa shape index (κ1) is 16.1. The molecule has 0 radical (unpaired) electrons. The zero-order valence-electron chi connectivity index (χ0n) is 11.8. The number of hydrogen-bond acceptors (Lipinski definition) is 3. The lowest BCUT2D eigenvalue weighted by atomic mass is 10.2. The van der Waals surface area contributed by atoms with Gasteiger partial charge in [-0.1, -0.05) is 30.3 Å². The summed E-state index contributed by atoms with van der Waals surface area (Å²) in [7, 11) is -3.77. The summed E-state index contributed by atoms with van der Waals surface area (Å²) in [6.45, 7) is 0.257. The Morgan fingerprint density at radius 2 is 1.68 bits per heavy atom. The Hall–Kier alpha value is -2.23. The van der Waals surface area contributed by atoms with E-state index in [4.69, 9.17) is 5.26 Å². The Labute approximate surface area is 129 Å². The minimum Gasteiger partial charge on any atom is -0.207 e. The van der Waals surface area contributed by atoms with Crippen LogP contribution in [0.15, 0.2) is 59.5 Å². The summed E-state index contributed by atoms with van der Waals surface area (Å²) in [6.07, 6.45) is 0.0905. The van der Waals surface area contributed by atoms with Crippen molar-refractivity contribution in [3.05, 3.63) is 66.0 Å². The summed E-state index contributed by atoms with van der Waals surface area (Å²) < 4.78 is 39.5. The molecule has 0 amide bonds. The van der Waals surface area contributed by atoms with E-state index < -0.39 is 15.8 Å². The van der Waals surface area contributed by atoms with Crippen LogP contribution < -0.4 is 0 Å². The number of rotatable bonds is 6. The molecule has 0 aliphatic rings. The van der Waals surface area contributed by atoms with Crippen LogP contribution >= 0.6 is 0 Å². The van der Waals surface area contributed by atoms with E-state index in [1.807, 2.05) is 36.4 Å². The Bertz CT molecular complexity index is 753. The van der Waals surface area contributed by atoms with E-state index in [-0.39, 0.29) is 24.4 Å². The molecule has 0 saturated carbocycles. The van der Waals surface area contributed by atoms with Crippen LogP contribution in [-0.4, -0.2) is 19.3 Å². The molecule has 0 saturated heterocycles. The summed E-state index contributed by atoms with van der Waals surface area (Å²) >= 11 is 0. The van der Waals surface area contributed by atoms with Crippen LogP contribution in [-0.2, 0) is 16.6 Å². The first-order valence-electron chi connectivity index (χ1n) is 6.70. The monoisotopic (exact) mass is 318 g/mol. The topological polar surface area (TPSA) is 61.2 Å². The van der Waals surface area contributed by atoms with Crippen LogP contribution in [0.25, 0.3) is 0 Å². The maximum atomic E-state index is 13.0. The largest absolute Gasteiger partial charge is 0.243 e. The second-order valence-electron chi connectivity index (χ2n) is 4.69. The molecule has 0 N–H and O–H groups in total. The Morgan fingerprint density at radius 3 is 2.27 bits per heavy atom. The van der Waals surface area contributed by atoms with Gasteiger partial charge in [-0.2, -0.15) is 9.57 Å². The molecule has 0 aliphatic heterocycles. The lowest BCUT2D eigenvalue weighted by Gasteiger charge is -2.21. The van der Waals surface area contributed by atoms with Crippen molar-refractivity contribution < 1.29 is 12.8 Å². The van der Waals surface area contributed by atoms with Crippen molar-refractivity contribution in [1.29, 1.82) is 5.26 Å². The van der Waals surface area contributed by atoms with Crippen molar-refractivity contribution in [2.24, 2.45) is 0 Å². The molecule has 114 valence electrons. The molecular formula is C16H15FN2O2S. The SMILES string of the molecule is N#CCCN(Cc1ccccc1)S(=O)(=O)c1ccc(F)cc1. The first-order chi connectivity index (χ1) is 10.5. The van der Waals surface area contributed by atoms with Gasteiger partial charge in [0.1, 0.15) is 5.82 Å². The molecule has 0 aromatic heterocycles. The maximum absolute atomic E-state index is 13.0. The molecule has 0 spiro atoms. The van der Waals surface area contributed by atoms with E-state index >= 15 is 0 Å². The van der Waals surface area contributed by atoms with E-state index in [0.29, 0.717) is 0 Å². The zero-order valence-corrected chi connectivity index (χ0v) is 12.6. The normalized spacial score (nSPS) is 11.3. The molecule has 0 bridgehead atoms. The van der Waals surface area contributed by atoms with Gasteiger partial charge in [0.05, 0.1) is 11.0 Å². The Balaban J connectivity index is 2.31. The molecular weight excluding hydrogens is 303 g/mol. The second-order valence-corrected chi connectivity index (χ2v) is 6.62. The fourth-order valence-electron chi connectivity index (χ4n) is 2.00. The second kappa shape index (κ2) is 7.16. The average molecular weight is 318 g/mol. The minimum absolute atomic E-state index is 0.0165. The van der Waals surface area contributed by atoms with Gasteiger partial charge in [-0.15, -0.1) is 0 Å². The molecule has 0 fully saturated rings. The molecule has 0 aliphatic carbocycles. The number of sulfonamides is 1. The van der Waals surface area contributed by atoms with Gasteiger partial charge >= 0.3 is 0 Å².